The molecule has 2 aromatic rings. The van der Waals surface area contributed by atoms with E-state index in [0.717, 1.165) is 0 Å². The summed E-state index contributed by atoms with van der Waals surface area (Å²) in [5.74, 6) is 0. The molecule has 0 amide bonds. The minimum absolute atomic E-state index is 1.20. The first-order chi connectivity index (χ1) is 8.83. The summed E-state index contributed by atoms with van der Waals surface area (Å²) in [4.78, 5) is 0. The fraction of sp³-hybridized carbons (Fsp3) is 0.0556. The zero-order valence-corrected chi connectivity index (χ0v) is 10.4. The second-order valence-electron chi connectivity index (χ2n) is 4.55. The molecule has 0 heterocycles. The molecule has 2 aromatic carbocycles. The van der Waals surface area contributed by atoms with Crippen LogP contribution in [0.4, 0.5) is 0 Å². The molecular formula is C18H14. The SMILES string of the molecule is Cc1ccc2c(c1)C=C=CC(c1ccccc1)=C2. The van der Waals surface area contributed by atoms with Crippen molar-refractivity contribution >= 4 is 17.7 Å². The number of fused-ring (bicyclic) bond motifs is 1. The van der Waals surface area contributed by atoms with Crippen LogP contribution in [0, 0.1) is 6.92 Å². The van der Waals surface area contributed by atoms with Crippen LogP contribution >= 0.6 is 0 Å². The molecule has 0 radical (unpaired) electrons. The maximum absolute atomic E-state index is 3.26. The van der Waals surface area contributed by atoms with E-state index in [9.17, 15) is 0 Å². The number of allylic oxidation sites excluding steroid dienone is 2. The van der Waals surface area contributed by atoms with Gasteiger partial charge in [0.25, 0.3) is 0 Å². The molecule has 0 saturated heterocycles. The zero-order valence-electron chi connectivity index (χ0n) is 10.4. The lowest BCUT2D eigenvalue weighted by Gasteiger charge is -2.04. The quantitative estimate of drug-likeness (QED) is 0.622. The minimum Gasteiger partial charge on any atom is -0.120 e. The third kappa shape index (κ3) is 2.07. The molecule has 3 rings (SSSR count). The molecule has 86 valence electrons. The summed E-state index contributed by atoms with van der Waals surface area (Å²) in [6, 6.07) is 16.9. The van der Waals surface area contributed by atoms with E-state index in [1.54, 1.807) is 0 Å². The maximum Gasteiger partial charge on any atom is -0.0101 e. The fourth-order valence-electron chi connectivity index (χ4n) is 2.18. The summed E-state index contributed by atoms with van der Waals surface area (Å²) >= 11 is 0. The van der Waals surface area contributed by atoms with Gasteiger partial charge in [0.05, 0.1) is 0 Å². The van der Waals surface area contributed by atoms with Crippen molar-refractivity contribution in [2.24, 2.45) is 0 Å². The highest BCUT2D eigenvalue weighted by atomic mass is 14.1. The first kappa shape index (κ1) is 10.8. The number of aryl methyl sites for hydroxylation is 1. The van der Waals surface area contributed by atoms with E-state index in [-0.39, 0.29) is 0 Å². The lowest BCUT2D eigenvalue weighted by Crippen LogP contribution is -1.83. The monoisotopic (exact) mass is 230 g/mol. The minimum atomic E-state index is 1.20. The molecule has 0 nitrogen and oxygen atoms in total. The third-order valence-electron chi connectivity index (χ3n) is 3.14. The summed E-state index contributed by atoms with van der Waals surface area (Å²) in [5, 5.41) is 0. The van der Waals surface area contributed by atoms with Crippen LogP contribution in [0.25, 0.3) is 17.7 Å². The number of rotatable bonds is 1. The van der Waals surface area contributed by atoms with E-state index >= 15 is 0 Å². The van der Waals surface area contributed by atoms with Crippen molar-refractivity contribution in [3.8, 4) is 0 Å². The van der Waals surface area contributed by atoms with Gasteiger partial charge in [0.1, 0.15) is 0 Å². The standard InChI is InChI=1S/C18H14/c1-14-10-11-18-13-17(9-5-8-16(18)12-14)15-6-3-2-4-7-15/h2-4,6-13H,1H3. The molecule has 18 heavy (non-hydrogen) atoms. The highest BCUT2D eigenvalue weighted by Gasteiger charge is 2.03. The molecule has 0 unspecified atom stereocenters. The topological polar surface area (TPSA) is 0 Å². The van der Waals surface area contributed by atoms with Gasteiger partial charge in [-0.05, 0) is 47.4 Å². The van der Waals surface area contributed by atoms with Gasteiger partial charge < -0.3 is 0 Å². The van der Waals surface area contributed by atoms with Crippen molar-refractivity contribution in [1.82, 2.24) is 0 Å². The maximum atomic E-state index is 3.26. The highest BCUT2D eigenvalue weighted by molar-refractivity contribution is 5.91. The number of benzene rings is 2. The molecule has 0 aliphatic heterocycles. The van der Waals surface area contributed by atoms with Crippen LogP contribution in [0.15, 0.2) is 60.3 Å². The summed E-state index contributed by atoms with van der Waals surface area (Å²) in [7, 11) is 0. The average molecular weight is 230 g/mol. The van der Waals surface area contributed by atoms with E-state index in [1.165, 1.54) is 27.8 Å². The van der Waals surface area contributed by atoms with Crippen LogP contribution < -0.4 is 0 Å². The van der Waals surface area contributed by atoms with Crippen LogP contribution in [0.3, 0.4) is 0 Å². The normalized spacial score (nSPS) is 12.8. The molecule has 0 bridgehead atoms. The summed E-state index contributed by atoms with van der Waals surface area (Å²) in [6.07, 6.45) is 6.32. The smallest absolute Gasteiger partial charge is 0.0101 e. The second kappa shape index (κ2) is 4.52. The van der Waals surface area contributed by atoms with Crippen molar-refractivity contribution in [3.05, 3.63) is 82.6 Å². The summed E-state index contributed by atoms with van der Waals surface area (Å²) in [5.41, 5.74) is 9.46. The molecule has 0 fully saturated rings. The molecule has 0 spiro atoms. The van der Waals surface area contributed by atoms with Gasteiger partial charge in [-0.1, -0.05) is 54.1 Å². The Bertz CT molecular complexity index is 666. The summed E-state index contributed by atoms with van der Waals surface area (Å²) in [6.45, 7) is 2.12. The molecule has 0 heteroatoms. The molecule has 0 saturated carbocycles. The van der Waals surface area contributed by atoms with Crippen LogP contribution in [-0.2, 0) is 0 Å². The van der Waals surface area contributed by atoms with Gasteiger partial charge in [0.2, 0.25) is 0 Å². The molecule has 1 aliphatic carbocycles. The second-order valence-corrected chi connectivity index (χ2v) is 4.55. The first-order valence-corrected chi connectivity index (χ1v) is 6.13. The predicted molar refractivity (Wildman–Crippen MR) is 78.0 cm³/mol. The Morgan fingerprint density at radius 3 is 2.50 bits per heavy atom. The predicted octanol–water partition coefficient (Wildman–Crippen LogP) is 4.72. The Morgan fingerprint density at radius 1 is 0.833 bits per heavy atom. The van der Waals surface area contributed by atoms with Crippen molar-refractivity contribution in [3.63, 3.8) is 0 Å². The molecule has 0 N–H and O–H groups in total. The van der Waals surface area contributed by atoms with E-state index in [1.807, 2.05) is 12.1 Å². The molecule has 1 aliphatic rings. The Labute approximate surface area is 108 Å². The van der Waals surface area contributed by atoms with E-state index in [2.05, 4.69) is 67.3 Å². The van der Waals surface area contributed by atoms with Crippen molar-refractivity contribution < 1.29 is 0 Å². The van der Waals surface area contributed by atoms with Crippen LogP contribution in [0.2, 0.25) is 0 Å². The fourth-order valence-corrected chi connectivity index (χ4v) is 2.18. The number of hydrogen-bond acceptors (Lipinski definition) is 0. The Balaban J connectivity index is 2.15. The Kier molecular flexibility index (Phi) is 2.72. The Morgan fingerprint density at radius 2 is 1.67 bits per heavy atom. The van der Waals surface area contributed by atoms with Crippen molar-refractivity contribution in [1.29, 1.82) is 0 Å². The van der Waals surface area contributed by atoms with Gasteiger partial charge in [-0.15, -0.1) is 5.73 Å². The summed E-state index contributed by atoms with van der Waals surface area (Å²) < 4.78 is 0. The lowest BCUT2D eigenvalue weighted by atomic mass is 10.0. The van der Waals surface area contributed by atoms with Crippen LogP contribution in [-0.4, -0.2) is 0 Å². The molecule has 0 atom stereocenters. The molecule has 0 aromatic heterocycles. The van der Waals surface area contributed by atoms with E-state index in [4.69, 9.17) is 0 Å². The van der Waals surface area contributed by atoms with Gasteiger partial charge in [0, 0.05) is 0 Å². The van der Waals surface area contributed by atoms with Crippen molar-refractivity contribution in [2.75, 3.05) is 0 Å². The van der Waals surface area contributed by atoms with E-state index in [0.29, 0.717) is 0 Å². The lowest BCUT2D eigenvalue weighted by molar-refractivity contribution is 1.45. The van der Waals surface area contributed by atoms with Gasteiger partial charge in [-0.3, -0.25) is 0 Å². The number of hydrogen-bond donors (Lipinski definition) is 0. The Hall–Kier alpha value is -2.30. The van der Waals surface area contributed by atoms with Gasteiger partial charge in [-0.25, -0.2) is 0 Å². The largest absolute Gasteiger partial charge is 0.120 e. The van der Waals surface area contributed by atoms with Gasteiger partial charge >= 0.3 is 0 Å². The van der Waals surface area contributed by atoms with Gasteiger partial charge in [-0.2, -0.15) is 0 Å². The zero-order chi connectivity index (χ0) is 12.4. The first-order valence-electron chi connectivity index (χ1n) is 6.13. The van der Waals surface area contributed by atoms with Gasteiger partial charge in [0.15, 0.2) is 0 Å². The van der Waals surface area contributed by atoms with Crippen LogP contribution in [0.5, 0.6) is 0 Å². The third-order valence-corrected chi connectivity index (χ3v) is 3.14. The highest BCUT2D eigenvalue weighted by Crippen LogP contribution is 2.24. The van der Waals surface area contributed by atoms with E-state index < -0.39 is 0 Å². The molecular weight excluding hydrogens is 216 g/mol. The average Bonchev–Trinajstić information content (AvgIpc) is 2.61. The van der Waals surface area contributed by atoms with Crippen molar-refractivity contribution in [2.45, 2.75) is 6.92 Å². The van der Waals surface area contributed by atoms with Crippen LogP contribution in [0.1, 0.15) is 22.3 Å².